The summed E-state index contributed by atoms with van der Waals surface area (Å²) in [5, 5.41) is 0. The second-order valence-corrected chi connectivity index (χ2v) is 9.17. The Balaban J connectivity index is 1.86. The van der Waals surface area contributed by atoms with E-state index in [1.54, 1.807) is 19.9 Å². The van der Waals surface area contributed by atoms with Gasteiger partial charge >= 0.3 is 164 Å². The SMILES string of the molecule is CCOC(=O)C1(OCC)CC2(C=CC(=O)C([Se]c3ccccc3)C2)C(=O)O1. The molecule has 144 valence electrons. The molecule has 0 N–H and O–H groups in total. The van der Waals surface area contributed by atoms with Crippen molar-refractivity contribution in [3.63, 3.8) is 0 Å². The van der Waals surface area contributed by atoms with E-state index in [-0.39, 0.29) is 45.2 Å². The molecule has 7 heteroatoms. The zero-order valence-electron chi connectivity index (χ0n) is 15.3. The summed E-state index contributed by atoms with van der Waals surface area (Å²) in [6, 6.07) is 9.75. The van der Waals surface area contributed by atoms with Gasteiger partial charge in [-0.25, -0.2) is 0 Å². The third-order valence-corrected chi connectivity index (χ3v) is 7.21. The molecule has 6 nitrogen and oxygen atoms in total. The quantitative estimate of drug-likeness (QED) is 0.497. The van der Waals surface area contributed by atoms with Gasteiger partial charge in [0.05, 0.1) is 0 Å². The van der Waals surface area contributed by atoms with Gasteiger partial charge in [0.1, 0.15) is 0 Å². The monoisotopic (exact) mass is 438 g/mol. The zero-order valence-corrected chi connectivity index (χ0v) is 17.0. The van der Waals surface area contributed by atoms with E-state index in [9.17, 15) is 14.4 Å². The average Bonchev–Trinajstić information content (AvgIpc) is 2.92. The fourth-order valence-electron chi connectivity index (χ4n) is 3.40. The van der Waals surface area contributed by atoms with E-state index in [2.05, 4.69) is 0 Å². The minimum atomic E-state index is -1.74. The molecule has 1 saturated heterocycles. The Hall–Kier alpha value is -1.95. The van der Waals surface area contributed by atoms with Crippen LogP contribution in [-0.4, -0.2) is 51.7 Å². The van der Waals surface area contributed by atoms with Gasteiger partial charge in [-0.3, -0.25) is 0 Å². The van der Waals surface area contributed by atoms with Gasteiger partial charge < -0.3 is 0 Å². The molecular formula is C20H22O6Se. The summed E-state index contributed by atoms with van der Waals surface area (Å²) >= 11 is -0.128. The second kappa shape index (κ2) is 7.97. The van der Waals surface area contributed by atoms with E-state index in [1.807, 2.05) is 30.3 Å². The van der Waals surface area contributed by atoms with Gasteiger partial charge in [-0.05, 0) is 0 Å². The van der Waals surface area contributed by atoms with Crippen molar-refractivity contribution in [1.82, 2.24) is 0 Å². The molecule has 2 aliphatic rings. The molecule has 1 spiro atoms. The number of carbonyl (C=O) groups excluding carboxylic acids is 3. The standard InChI is InChI=1S/C20H22O6Se/c1-3-24-18(23)20(25-4-2)13-19(17(22)26-20)11-10-15(21)16(12-19)27-14-8-6-5-7-9-14/h5-11,16H,3-4,12-13H2,1-2H3. The van der Waals surface area contributed by atoms with E-state index >= 15 is 0 Å². The molecule has 27 heavy (non-hydrogen) atoms. The van der Waals surface area contributed by atoms with E-state index in [0.29, 0.717) is 6.42 Å². The van der Waals surface area contributed by atoms with Crippen LogP contribution in [0.4, 0.5) is 0 Å². The Morgan fingerprint density at radius 1 is 1.22 bits per heavy atom. The van der Waals surface area contributed by atoms with E-state index in [1.165, 1.54) is 6.08 Å². The molecule has 0 radical (unpaired) electrons. The first-order valence-electron chi connectivity index (χ1n) is 8.94. The fourth-order valence-corrected chi connectivity index (χ4v) is 5.95. The summed E-state index contributed by atoms with van der Waals surface area (Å²) in [6.45, 7) is 3.76. The molecule has 0 saturated carbocycles. The Morgan fingerprint density at radius 3 is 2.63 bits per heavy atom. The van der Waals surface area contributed by atoms with Crippen LogP contribution in [0.3, 0.4) is 0 Å². The van der Waals surface area contributed by atoms with Gasteiger partial charge in [0.25, 0.3) is 0 Å². The predicted octanol–water partition coefficient (Wildman–Crippen LogP) is 1.56. The van der Waals surface area contributed by atoms with Crippen molar-refractivity contribution in [2.45, 2.75) is 37.3 Å². The summed E-state index contributed by atoms with van der Waals surface area (Å²) in [4.78, 5) is 37.4. The molecule has 3 rings (SSSR count). The van der Waals surface area contributed by atoms with Crippen molar-refractivity contribution >= 4 is 37.1 Å². The van der Waals surface area contributed by atoms with Crippen LogP contribution in [-0.2, 0) is 28.6 Å². The van der Waals surface area contributed by atoms with Gasteiger partial charge in [0.15, 0.2) is 0 Å². The number of allylic oxidation sites excluding steroid dienone is 1. The molecule has 0 amide bonds. The normalized spacial score (nSPS) is 29.8. The van der Waals surface area contributed by atoms with Gasteiger partial charge in [0, 0.05) is 0 Å². The second-order valence-electron chi connectivity index (χ2n) is 6.49. The third kappa shape index (κ3) is 3.86. The first-order valence-corrected chi connectivity index (χ1v) is 10.8. The third-order valence-electron chi connectivity index (χ3n) is 4.63. The number of rotatable bonds is 6. The van der Waals surface area contributed by atoms with Crippen LogP contribution in [0, 0.1) is 5.41 Å². The van der Waals surface area contributed by atoms with Crippen molar-refractivity contribution in [2.24, 2.45) is 5.41 Å². The van der Waals surface area contributed by atoms with Crippen LogP contribution in [0.5, 0.6) is 0 Å². The van der Waals surface area contributed by atoms with Crippen LogP contribution < -0.4 is 4.46 Å². The fraction of sp³-hybridized carbons (Fsp3) is 0.450. The number of ether oxygens (including phenoxy) is 3. The van der Waals surface area contributed by atoms with Crippen molar-refractivity contribution < 1.29 is 28.6 Å². The Morgan fingerprint density at radius 2 is 1.96 bits per heavy atom. The number of benzene rings is 1. The molecular weight excluding hydrogens is 415 g/mol. The number of carbonyl (C=O) groups is 3. The summed E-state index contributed by atoms with van der Waals surface area (Å²) in [6.07, 6.45) is 3.36. The summed E-state index contributed by atoms with van der Waals surface area (Å²) in [5.74, 6) is -2.98. The summed E-state index contributed by atoms with van der Waals surface area (Å²) in [7, 11) is 0. The van der Waals surface area contributed by atoms with Crippen LogP contribution in [0.25, 0.3) is 0 Å². The molecule has 1 fully saturated rings. The number of hydrogen-bond donors (Lipinski definition) is 0. The first-order chi connectivity index (χ1) is 12.9. The summed E-state index contributed by atoms with van der Waals surface area (Å²) in [5.41, 5.74) is -1.04. The van der Waals surface area contributed by atoms with Gasteiger partial charge in [0.2, 0.25) is 0 Å². The predicted molar refractivity (Wildman–Crippen MR) is 98.5 cm³/mol. The van der Waals surface area contributed by atoms with E-state index < -0.39 is 23.1 Å². The van der Waals surface area contributed by atoms with Crippen molar-refractivity contribution in [2.75, 3.05) is 13.2 Å². The zero-order chi connectivity index (χ0) is 19.5. The Kier molecular flexibility index (Phi) is 5.84. The van der Waals surface area contributed by atoms with Crippen molar-refractivity contribution in [3.05, 3.63) is 42.5 Å². The Bertz CT molecular complexity index is 761. The van der Waals surface area contributed by atoms with Gasteiger partial charge in [-0.15, -0.1) is 0 Å². The summed E-state index contributed by atoms with van der Waals surface area (Å²) < 4.78 is 17.2. The molecule has 3 atom stereocenters. The van der Waals surface area contributed by atoms with Gasteiger partial charge in [-0.1, -0.05) is 0 Å². The van der Waals surface area contributed by atoms with E-state index in [0.717, 1.165) is 4.46 Å². The Labute approximate surface area is 164 Å². The average molecular weight is 437 g/mol. The molecule has 1 aliphatic heterocycles. The molecule has 1 aromatic carbocycles. The first kappa shape index (κ1) is 19.8. The van der Waals surface area contributed by atoms with Crippen LogP contribution in [0.1, 0.15) is 26.7 Å². The maximum atomic E-state index is 12.8. The number of esters is 2. The number of hydrogen-bond acceptors (Lipinski definition) is 6. The maximum absolute atomic E-state index is 12.8. The van der Waals surface area contributed by atoms with Crippen LogP contribution in [0.15, 0.2) is 42.5 Å². The molecule has 1 aliphatic carbocycles. The molecule has 1 heterocycles. The van der Waals surface area contributed by atoms with Crippen molar-refractivity contribution in [3.8, 4) is 0 Å². The van der Waals surface area contributed by atoms with Crippen LogP contribution in [0.2, 0.25) is 4.82 Å². The van der Waals surface area contributed by atoms with Crippen molar-refractivity contribution in [1.29, 1.82) is 0 Å². The molecule has 1 aromatic rings. The number of cyclic esters (lactones) is 1. The van der Waals surface area contributed by atoms with E-state index in [4.69, 9.17) is 14.2 Å². The van der Waals surface area contributed by atoms with Crippen LogP contribution >= 0.6 is 0 Å². The van der Waals surface area contributed by atoms with Gasteiger partial charge in [-0.2, -0.15) is 0 Å². The topological polar surface area (TPSA) is 78.9 Å². The number of ketones is 1. The molecule has 3 unspecified atom stereocenters. The molecule has 0 aromatic heterocycles. The molecule has 0 bridgehead atoms. The minimum absolute atomic E-state index is 0.00215.